The molecule has 0 saturated heterocycles. The van der Waals surface area contributed by atoms with E-state index < -0.39 is 73.1 Å². The summed E-state index contributed by atoms with van der Waals surface area (Å²) in [5.41, 5.74) is 11.1. The zero-order valence-corrected chi connectivity index (χ0v) is 18.0. The molecule has 0 aliphatic heterocycles. The number of carbonyl (C=O) groups is 6. The minimum Gasteiger partial charge on any atom is -0.508 e. The lowest BCUT2D eigenvalue weighted by atomic mass is 10.0. The monoisotopic (exact) mass is 481 g/mol. The summed E-state index contributed by atoms with van der Waals surface area (Å²) in [5, 5.41) is 33.9. The van der Waals surface area contributed by atoms with E-state index in [1.165, 1.54) is 24.3 Å². The molecule has 186 valence electrons. The highest BCUT2D eigenvalue weighted by atomic mass is 16.4. The number of hydrogen-bond donors (Lipinski definition) is 8. The summed E-state index contributed by atoms with van der Waals surface area (Å²) in [6, 6.07) is 1.52. The minimum absolute atomic E-state index is 0.0385. The van der Waals surface area contributed by atoms with Gasteiger partial charge in [0.2, 0.25) is 23.6 Å². The Hall–Kier alpha value is -4.20. The van der Waals surface area contributed by atoms with Gasteiger partial charge in [0.25, 0.3) is 0 Å². The van der Waals surface area contributed by atoms with E-state index in [2.05, 4.69) is 16.0 Å². The molecule has 1 aromatic carbocycles. The fraction of sp³-hybridized carbons (Fsp3) is 0.400. The number of rotatable bonds is 14. The van der Waals surface area contributed by atoms with Crippen molar-refractivity contribution in [2.45, 2.75) is 43.8 Å². The number of carbonyl (C=O) groups excluding carboxylic acids is 4. The van der Waals surface area contributed by atoms with Crippen molar-refractivity contribution in [1.29, 1.82) is 0 Å². The number of nitrogens with two attached hydrogens (primary N) is 2. The zero-order chi connectivity index (χ0) is 25.8. The van der Waals surface area contributed by atoms with E-state index in [0.29, 0.717) is 5.56 Å². The molecule has 3 unspecified atom stereocenters. The van der Waals surface area contributed by atoms with Gasteiger partial charge in [0.05, 0.1) is 12.5 Å². The molecule has 1 rings (SSSR count). The van der Waals surface area contributed by atoms with Crippen LogP contribution < -0.4 is 27.4 Å². The van der Waals surface area contributed by atoms with Gasteiger partial charge >= 0.3 is 11.9 Å². The third-order valence-corrected chi connectivity index (χ3v) is 4.46. The number of carboxylic acid groups (broad SMARTS) is 2. The van der Waals surface area contributed by atoms with Crippen LogP contribution in [0.1, 0.15) is 24.8 Å². The number of aromatic hydroxyl groups is 1. The number of phenolic OH excluding ortho intramolecular Hbond substituents is 1. The van der Waals surface area contributed by atoms with E-state index in [-0.39, 0.29) is 18.6 Å². The largest absolute Gasteiger partial charge is 0.508 e. The molecular formula is C20H27N5O9. The van der Waals surface area contributed by atoms with Crippen molar-refractivity contribution in [1.82, 2.24) is 16.0 Å². The van der Waals surface area contributed by atoms with Crippen LogP contribution in [0.2, 0.25) is 0 Å². The van der Waals surface area contributed by atoms with E-state index in [1.54, 1.807) is 0 Å². The molecule has 0 radical (unpaired) electrons. The van der Waals surface area contributed by atoms with Crippen LogP contribution in [0.25, 0.3) is 0 Å². The van der Waals surface area contributed by atoms with Gasteiger partial charge in [0, 0.05) is 12.8 Å². The standard InChI is InChI=1S/C20H27N5O9/c21-12(8-15(22)27)18(32)24-13(5-6-16(28)29)20(34)25-14(19(33)23-9-17(30)31)7-10-1-3-11(26)4-2-10/h1-4,12-14,26H,5-9,21H2,(H2,22,27)(H,23,33)(H,24,32)(H,25,34)(H,28,29)(H,30,31). The van der Waals surface area contributed by atoms with E-state index in [0.717, 1.165) is 0 Å². The van der Waals surface area contributed by atoms with E-state index in [4.69, 9.17) is 21.7 Å². The van der Waals surface area contributed by atoms with Gasteiger partial charge in [-0.25, -0.2) is 0 Å². The molecule has 3 atom stereocenters. The van der Waals surface area contributed by atoms with Gasteiger partial charge in [-0.3, -0.25) is 28.8 Å². The van der Waals surface area contributed by atoms with Crippen LogP contribution in [-0.4, -0.2) is 75.6 Å². The number of nitrogens with one attached hydrogen (secondary N) is 3. The van der Waals surface area contributed by atoms with Crippen LogP contribution in [0.15, 0.2) is 24.3 Å². The molecule has 0 bridgehead atoms. The van der Waals surface area contributed by atoms with Crippen molar-refractivity contribution in [3.05, 3.63) is 29.8 Å². The summed E-state index contributed by atoms with van der Waals surface area (Å²) in [5.74, 6) is -6.20. The van der Waals surface area contributed by atoms with Crippen LogP contribution in [0.5, 0.6) is 5.75 Å². The van der Waals surface area contributed by atoms with Crippen LogP contribution >= 0.6 is 0 Å². The molecule has 14 nitrogen and oxygen atoms in total. The molecule has 0 aliphatic carbocycles. The molecule has 0 aliphatic rings. The Morgan fingerprint density at radius 2 is 1.44 bits per heavy atom. The fourth-order valence-electron chi connectivity index (χ4n) is 2.76. The molecule has 0 fully saturated rings. The molecule has 0 aromatic heterocycles. The number of amides is 4. The second-order valence-corrected chi connectivity index (χ2v) is 7.31. The van der Waals surface area contributed by atoms with Gasteiger partial charge in [0.1, 0.15) is 24.4 Å². The second kappa shape index (κ2) is 13.4. The maximum absolute atomic E-state index is 12.8. The molecule has 1 aromatic rings. The van der Waals surface area contributed by atoms with E-state index in [9.17, 15) is 33.9 Å². The summed E-state index contributed by atoms with van der Waals surface area (Å²) >= 11 is 0. The van der Waals surface area contributed by atoms with Crippen LogP contribution in [0.3, 0.4) is 0 Å². The highest BCUT2D eigenvalue weighted by Crippen LogP contribution is 2.12. The first kappa shape index (κ1) is 27.8. The summed E-state index contributed by atoms with van der Waals surface area (Å²) in [6.45, 7) is -0.720. The van der Waals surface area contributed by atoms with Crippen molar-refractivity contribution in [3.8, 4) is 5.75 Å². The third-order valence-electron chi connectivity index (χ3n) is 4.46. The molecule has 0 heterocycles. The van der Waals surface area contributed by atoms with Crippen molar-refractivity contribution in [3.63, 3.8) is 0 Å². The van der Waals surface area contributed by atoms with E-state index in [1.807, 2.05) is 0 Å². The minimum atomic E-state index is -1.43. The first-order valence-electron chi connectivity index (χ1n) is 10.0. The molecule has 10 N–H and O–H groups in total. The molecule has 34 heavy (non-hydrogen) atoms. The fourth-order valence-corrected chi connectivity index (χ4v) is 2.76. The first-order chi connectivity index (χ1) is 15.9. The zero-order valence-electron chi connectivity index (χ0n) is 18.0. The normalized spacial score (nSPS) is 13.1. The van der Waals surface area contributed by atoms with Crippen molar-refractivity contribution in [2.24, 2.45) is 11.5 Å². The predicted octanol–water partition coefficient (Wildman–Crippen LogP) is -2.83. The van der Waals surface area contributed by atoms with Gasteiger partial charge in [-0.2, -0.15) is 0 Å². The molecule has 14 heteroatoms. The number of hydrogen-bond acceptors (Lipinski definition) is 8. The number of phenols is 1. The average molecular weight is 481 g/mol. The van der Waals surface area contributed by atoms with Crippen LogP contribution in [0.4, 0.5) is 0 Å². The van der Waals surface area contributed by atoms with Crippen molar-refractivity contribution < 1.29 is 44.1 Å². The molecular weight excluding hydrogens is 454 g/mol. The van der Waals surface area contributed by atoms with Gasteiger partial charge in [-0.1, -0.05) is 12.1 Å². The number of benzene rings is 1. The summed E-state index contributed by atoms with van der Waals surface area (Å²) in [6.07, 6.45) is -1.51. The number of primary amides is 1. The average Bonchev–Trinajstić information content (AvgIpc) is 2.74. The van der Waals surface area contributed by atoms with Gasteiger partial charge in [-0.15, -0.1) is 0 Å². The predicted molar refractivity (Wildman–Crippen MR) is 115 cm³/mol. The lowest BCUT2D eigenvalue weighted by molar-refractivity contribution is -0.138. The Balaban J connectivity index is 3.05. The van der Waals surface area contributed by atoms with Crippen molar-refractivity contribution in [2.75, 3.05) is 6.54 Å². The third kappa shape index (κ3) is 10.4. The Morgan fingerprint density at radius 3 is 1.97 bits per heavy atom. The van der Waals surface area contributed by atoms with E-state index >= 15 is 0 Å². The first-order valence-corrected chi connectivity index (χ1v) is 10.0. The maximum atomic E-state index is 12.8. The lowest BCUT2D eigenvalue weighted by Crippen LogP contribution is -2.56. The van der Waals surface area contributed by atoms with Crippen LogP contribution in [-0.2, 0) is 35.2 Å². The number of carboxylic acids is 2. The number of aliphatic carboxylic acids is 2. The highest BCUT2D eigenvalue weighted by Gasteiger charge is 2.29. The summed E-state index contributed by atoms with van der Waals surface area (Å²) in [4.78, 5) is 70.3. The Labute approximate surface area is 193 Å². The second-order valence-electron chi connectivity index (χ2n) is 7.31. The van der Waals surface area contributed by atoms with Gasteiger partial charge < -0.3 is 42.7 Å². The Morgan fingerprint density at radius 1 is 0.853 bits per heavy atom. The SMILES string of the molecule is NC(=O)CC(N)C(=O)NC(CCC(=O)O)C(=O)NC(Cc1ccc(O)cc1)C(=O)NCC(=O)O. The highest BCUT2D eigenvalue weighted by molar-refractivity contribution is 5.95. The van der Waals surface area contributed by atoms with Gasteiger partial charge in [-0.05, 0) is 24.1 Å². The summed E-state index contributed by atoms with van der Waals surface area (Å²) in [7, 11) is 0. The summed E-state index contributed by atoms with van der Waals surface area (Å²) < 4.78 is 0. The van der Waals surface area contributed by atoms with Crippen LogP contribution in [0, 0.1) is 0 Å². The Bertz CT molecular complexity index is 920. The topological polar surface area (TPSA) is 251 Å². The van der Waals surface area contributed by atoms with Crippen molar-refractivity contribution >= 4 is 35.6 Å². The lowest BCUT2D eigenvalue weighted by Gasteiger charge is -2.24. The molecule has 0 saturated carbocycles. The van der Waals surface area contributed by atoms with Gasteiger partial charge in [0.15, 0.2) is 0 Å². The molecule has 0 spiro atoms. The quantitative estimate of drug-likeness (QED) is 0.135. The Kier molecular flexibility index (Phi) is 10.9. The maximum Gasteiger partial charge on any atom is 0.322 e. The molecule has 4 amide bonds. The smallest absolute Gasteiger partial charge is 0.322 e.